The van der Waals surface area contributed by atoms with Gasteiger partial charge in [0.2, 0.25) is 0 Å². The van der Waals surface area contributed by atoms with E-state index in [2.05, 4.69) is 10.3 Å². The number of nitrogens with one attached hydrogen (secondary N) is 1. The Hall–Kier alpha value is -2.29. The molecule has 1 amide bonds. The second-order valence-corrected chi connectivity index (χ2v) is 4.69. The summed E-state index contributed by atoms with van der Waals surface area (Å²) in [6, 6.07) is 7.88. The largest absolute Gasteiger partial charge is 0.384 e. The maximum Gasteiger partial charge on any atom is 0.257 e. The smallest absolute Gasteiger partial charge is 0.257 e. The number of nitrogens with two attached hydrogens (primary N) is 1. The molecule has 0 aliphatic rings. The van der Waals surface area contributed by atoms with Gasteiger partial charge in [-0.15, -0.1) is 0 Å². The highest BCUT2D eigenvalue weighted by atomic mass is 35.5. The summed E-state index contributed by atoms with van der Waals surface area (Å²) in [5.74, 6) is -0.325. The molecule has 0 saturated heterocycles. The van der Waals surface area contributed by atoms with Crippen LogP contribution in [0.25, 0.3) is 0 Å². The monoisotopic (exact) mass is 306 g/mol. The molecular formula is C13H8Cl2N4O. The van der Waals surface area contributed by atoms with Crippen LogP contribution in [0.3, 0.4) is 0 Å². The predicted molar refractivity (Wildman–Crippen MR) is 77.8 cm³/mol. The van der Waals surface area contributed by atoms with Crippen LogP contribution in [0.15, 0.2) is 30.5 Å². The number of anilines is 2. The standard InChI is InChI=1S/C13H8Cl2N4O/c14-8-2-1-7(5-16)11(3-8)19-13(20)9-4-12(17)18-6-10(9)15/h1-4,6H,(H2,17,18)(H,19,20). The Labute approximate surface area is 124 Å². The third-order valence-corrected chi connectivity index (χ3v) is 3.01. The van der Waals surface area contributed by atoms with Crippen molar-refractivity contribution < 1.29 is 4.79 Å². The molecule has 1 aromatic heterocycles. The number of carbonyl (C=O) groups excluding carboxylic acids is 1. The van der Waals surface area contributed by atoms with Gasteiger partial charge in [-0.05, 0) is 24.3 Å². The maximum atomic E-state index is 12.1. The molecule has 7 heteroatoms. The highest BCUT2D eigenvalue weighted by molar-refractivity contribution is 6.34. The van der Waals surface area contributed by atoms with Crippen molar-refractivity contribution in [2.24, 2.45) is 0 Å². The fourth-order valence-corrected chi connectivity index (χ4v) is 1.90. The molecular weight excluding hydrogens is 299 g/mol. The van der Waals surface area contributed by atoms with Gasteiger partial charge in [-0.3, -0.25) is 4.79 Å². The Bertz CT molecular complexity index is 725. The fraction of sp³-hybridized carbons (Fsp3) is 0. The van der Waals surface area contributed by atoms with Gasteiger partial charge in [0, 0.05) is 11.2 Å². The van der Waals surface area contributed by atoms with E-state index in [1.807, 2.05) is 6.07 Å². The van der Waals surface area contributed by atoms with Crippen LogP contribution < -0.4 is 11.1 Å². The molecule has 2 rings (SSSR count). The third-order valence-electron chi connectivity index (χ3n) is 2.47. The lowest BCUT2D eigenvalue weighted by Gasteiger charge is -2.09. The Morgan fingerprint density at radius 2 is 2.10 bits per heavy atom. The van der Waals surface area contributed by atoms with Crippen molar-refractivity contribution in [1.29, 1.82) is 5.26 Å². The first-order valence-electron chi connectivity index (χ1n) is 5.43. The Kier molecular flexibility index (Phi) is 4.08. The van der Waals surface area contributed by atoms with Crippen molar-refractivity contribution >= 4 is 40.6 Å². The lowest BCUT2D eigenvalue weighted by Crippen LogP contribution is -2.14. The van der Waals surface area contributed by atoms with Gasteiger partial charge < -0.3 is 11.1 Å². The van der Waals surface area contributed by atoms with Crippen LogP contribution in [0.4, 0.5) is 11.5 Å². The zero-order valence-electron chi connectivity index (χ0n) is 10.0. The number of hydrogen-bond acceptors (Lipinski definition) is 4. The molecule has 0 radical (unpaired) electrons. The van der Waals surface area contributed by atoms with E-state index in [0.29, 0.717) is 16.3 Å². The van der Waals surface area contributed by atoms with E-state index >= 15 is 0 Å². The molecule has 1 aromatic carbocycles. The van der Waals surface area contributed by atoms with Gasteiger partial charge >= 0.3 is 0 Å². The van der Waals surface area contributed by atoms with E-state index in [1.165, 1.54) is 24.4 Å². The number of benzene rings is 1. The second kappa shape index (κ2) is 5.78. The summed E-state index contributed by atoms with van der Waals surface area (Å²) in [4.78, 5) is 15.9. The van der Waals surface area contributed by atoms with Gasteiger partial charge in [-0.2, -0.15) is 5.26 Å². The molecule has 0 spiro atoms. The number of carbonyl (C=O) groups is 1. The summed E-state index contributed by atoms with van der Waals surface area (Å²) in [7, 11) is 0. The molecule has 2 aromatic rings. The summed E-state index contributed by atoms with van der Waals surface area (Å²) in [6.07, 6.45) is 1.29. The lowest BCUT2D eigenvalue weighted by atomic mass is 10.1. The number of rotatable bonds is 2. The quantitative estimate of drug-likeness (QED) is 0.891. The van der Waals surface area contributed by atoms with Crippen LogP contribution >= 0.6 is 23.2 Å². The van der Waals surface area contributed by atoms with Crippen molar-refractivity contribution in [3.05, 3.63) is 51.6 Å². The first-order valence-corrected chi connectivity index (χ1v) is 6.19. The van der Waals surface area contributed by atoms with Gasteiger partial charge in [0.05, 0.1) is 21.8 Å². The normalized spacial score (nSPS) is 9.85. The zero-order chi connectivity index (χ0) is 14.7. The second-order valence-electron chi connectivity index (χ2n) is 3.84. The number of amides is 1. The van der Waals surface area contributed by atoms with Crippen molar-refractivity contribution in [2.75, 3.05) is 11.1 Å². The van der Waals surface area contributed by atoms with E-state index in [1.54, 1.807) is 6.07 Å². The van der Waals surface area contributed by atoms with E-state index in [0.717, 1.165) is 0 Å². The van der Waals surface area contributed by atoms with Gasteiger partial charge in [-0.1, -0.05) is 23.2 Å². The minimum Gasteiger partial charge on any atom is -0.384 e. The topological polar surface area (TPSA) is 91.8 Å². The van der Waals surface area contributed by atoms with E-state index < -0.39 is 5.91 Å². The Balaban J connectivity index is 2.35. The van der Waals surface area contributed by atoms with Crippen molar-refractivity contribution in [1.82, 2.24) is 4.98 Å². The molecule has 5 nitrogen and oxygen atoms in total. The molecule has 0 atom stereocenters. The third kappa shape index (κ3) is 2.99. The molecule has 20 heavy (non-hydrogen) atoms. The summed E-state index contributed by atoms with van der Waals surface area (Å²) < 4.78 is 0. The number of halogens is 2. The molecule has 3 N–H and O–H groups in total. The zero-order valence-corrected chi connectivity index (χ0v) is 11.5. The first-order chi connectivity index (χ1) is 9.51. The van der Waals surface area contributed by atoms with E-state index in [4.69, 9.17) is 34.2 Å². The highest BCUT2D eigenvalue weighted by Gasteiger charge is 2.14. The molecule has 1 heterocycles. The molecule has 0 fully saturated rings. The van der Waals surface area contributed by atoms with E-state index in [9.17, 15) is 4.79 Å². The molecule has 0 aliphatic carbocycles. The number of nitrogen functional groups attached to an aromatic ring is 1. The minimum atomic E-state index is -0.497. The predicted octanol–water partition coefficient (Wildman–Crippen LogP) is 3.09. The number of hydrogen-bond donors (Lipinski definition) is 2. The summed E-state index contributed by atoms with van der Waals surface area (Å²) in [6.45, 7) is 0. The number of pyridine rings is 1. The first kappa shape index (κ1) is 14.1. The molecule has 0 unspecified atom stereocenters. The van der Waals surface area contributed by atoms with Gasteiger partial charge in [0.1, 0.15) is 11.9 Å². The van der Waals surface area contributed by atoms with Gasteiger partial charge in [0.15, 0.2) is 0 Å². The molecule has 0 saturated carbocycles. The van der Waals surface area contributed by atoms with Crippen LogP contribution in [0.5, 0.6) is 0 Å². The summed E-state index contributed by atoms with van der Waals surface area (Å²) >= 11 is 11.7. The highest BCUT2D eigenvalue weighted by Crippen LogP contribution is 2.23. The number of aromatic nitrogens is 1. The molecule has 100 valence electrons. The average molecular weight is 307 g/mol. The van der Waals surface area contributed by atoms with Crippen molar-refractivity contribution in [2.45, 2.75) is 0 Å². The van der Waals surface area contributed by atoms with Crippen LogP contribution in [-0.4, -0.2) is 10.9 Å². The van der Waals surface area contributed by atoms with E-state index in [-0.39, 0.29) is 16.4 Å². The molecule has 0 bridgehead atoms. The van der Waals surface area contributed by atoms with Gasteiger partial charge in [0.25, 0.3) is 5.91 Å². The average Bonchev–Trinajstić information content (AvgIpc) is 2.41. The number of nitriles is 1. The lowest BCUT2D eigenvalue weighted by molar-refractivity contribution is 0.102. The molecule has 0 aliphatic heterocycles. The Morgan fingerprint density at radius 1 is 1.35 bits per heavy atom. The van der Waals surface area contributed by atoms with Crippen LogP contribution in [0.2, 0.25) is 10.0 Å². The van der Waals surface area contributed by atoms with Gasteiger partial charge in [-0.25, -0.2) is 4.98 Å². The minimum absolute atomic E-state index is 0.164. The van der Waals surface area contributed by atoms with Crippen LogP contribution in [0, 0.1) is 11.3 Å². The summed E-state index contributed by atoms with van der Waals surface area (Å²) in [5.41, 5.74) is 6.28. The van der Waals surface area contributed by atoms with Crippen molar-refractivity contribution in [3.63, 3.8) is 0 Å². The van der Waals surface area contributed by atoms with Crippen LogP contribution in [0.1, 0.15) is 15.9 Å². The van der Waals surface area contributed by atoms with Crippen molar-refractivity contribution in [3.8, 4) is 6.07 Å². The Morgan fingerprint density at radius 3 is 2.80 bits per heavy atom. The SMILES string of the molecule is N#Cc1ccc(Cl)cc1NC(=O)c1cc(N)ncc1Cl. The number of nitrogens with zero attached hydrogens (tertiary/aromatic N) is 2. The van der Waals surface area contributed by atoms with Crippen LogP contribution in [-0.2, 0) is 0 Å². The maximum absolute atomic E-state index is 12.1. The summed E-state index contributed by atoms with van der Waals surface area (Å²) in [5, 5.41) is 12.1. The fourth-order valence-electron chi connectivity index (χ4n) is 1.54.